The van der Waals surface area contributed by atoms with Gasteiger partial charge < -0.3 is 20.7 Å². The lowest BCUT2D eigenvalue weighted by atomic mass is 10.0. The van der Waals surface area contributed by atoms with E-state index in [2.05, 4.69) is 16.0 Å². The molecule has 0 heterocycles. The molecule has 7 heteroatoms. The average molecular weight is 446 g/mol. The molecule has 3 amide bonds. The molecule has 0 spiro atoms. The molecule has 0 bridgehead atoms. The molecule has 0 aromatic heterocycles. The minimum atomic E-state index is -0.805. The van der Waals surface area contributed by atoms with Crippen LogP contribution in [0, 0.1) is 5.92 Å². The fourth-order valence-electron chi connectivity index (χ4n) is 3.29. The Morgan fingerprint density at radius 1 is 0.727 bits per heavy atom. The van der Waals surface area contributed by atoms with E-state index in [1.54, 1.807) is 72.8 Å². The van der Waals surface area contributed by atoms with Crippen LogP contribution in [-0.4, -0.2) is 30.9 Å². The predicted octanol–water partition coefficient (Wildman–Crippen LogP) is 4.34. The van der Waals surface area contributed by atoms with Crippen molar-refractivity contribution < 1.29 is 19.1 Å². The second-order valence-electron chi connectivity index (χ2n) is 7.75. The van der Waals surface area contributed by atoms with Gasteiger partial charge >= 0.3 is 0 Å². The molecular formula is C26H27N3O4. The molecule has 0 saturated heterocycles. The summed E-state index contributed by atoms with van der Waals surface area (Å²) in [6.07, 6.45) is 0. The van der Waals surface area contributed by atoms with Gasteiger partial charge in [-0.3, -0.25) is 14.4 Å². The Kier molecular flexibility index (Phi) is 7.81. The fraction of sp³-hybridized carbons (Fsp3) is 0.192. The second-order valence-corrected chi connectivity index (χ2v) is 7.75. The van der Waals surface area contributed by atoms with Crippen LogP contribution in [0.15, 0.2) is 78.9 Å². The van der Waals surface area contributed by atoms with Crippen LogP contribution >= 0.6 is 0 Å². The van der Waals surface area contributed by atoms with Crippen LogP contribution < -0.4 is 20.7 Å². The predicted molar refractivity (Wildman–Crippen MR) is 129 cm³/mol. The zero-order valence-electron chi connectivity index (χ0n) is 18.8. The molecule has 3 aromatic rings. The Morgan fingerprint density at radius 3 is 2.00 bits per heavy atom. The standard InChI is InChI=1S/C26H27N3O4/c1-17(2)23(26(32)28-21-15-9-10-16-22(21)33-3)29-25(31)19-13-7-8-14-20(19)27-24(30)18-11-5-4-6-12-18/h4-17,23H,1-3H3,(H,27,30)(H,28,32)(H,29,31). The monoisotopic (exact) mass is 445 g/mol. The number of methoxy groups -OCH3 is 1. The maximum atomic E-state index is 13.1. The highest BCUT2D eigenvalue weighted by Crippen LogP contribution is 2.24. The number of nitrogens with one attached hydrogen (secondary N) is 3. The van der Waals surface area contributed by atoms with E-state index < -0.39 is 11.9 Å². The SMILES string of the molecule is COc1ccccc1NC(=O)C(NC(=O)c1ccccc1NC(=O)c1ccccc1)C(C)C. The first-order valence-electron chi connectivity index (χ1n) is 10.6. The van der Waals surface area contributed by atoms with Crippen LogP contribution in [0.1, 0.15) is 34.6 Å². The summed E-state index contributed by atoms with van der Waals surface area (Å²) in [5, 5.41) is 8.40. The van der Waals surface area contributed by atoms with Gasteiger partial charge in [-0.2, -0.15) is 0 Å². The summed E-state index contributed by atoms with van der Waals surface area (Å²) in [7, 11) is 1.52. The van der Waals surface area contributed by atoms with Crippen molar-refractivity contribution in [2.45, 2.75) is 19.9 Å². The molecule has 1 atom stereocenters. The molecular weight excluding hydrogens is 418 g/mol. The Labute approximate surface area is 193 Å². The number of ether oxygens (including phenoxy) is 1. The molecule has 33 heavy (non-hydrogen) atoms. The Morgan fingerprint density at radius 2 is 1.33 bits per heavy atom. The second kappa shape index (κ2) is 10.9. The zero-order chi connectivity index (χ0) is 23.8. The topological polar surface area (TPSA) is 96.5 Å². The summed E-state index contributed by atoms with van der Waals surface area (Å²) in [6, 6.07) is 21.7. The normalized spacial score (nSPS) is 11.4. The zero-order valence-corrected chi connectivity index (χ0v) is 18.8. The highest BCUT2D eigenvalue weighted by atomic mass is 16.5. The van der Waals surface area contributed by atoms with Crippen LogP contribution in [0.5, 0.6) is 5.75 Å². The van der Waals surface area contributed by atoms with Crippen molar-refractivity contribution in [2.75, 3.05) is 17.7 Å². The smallest absolute Gasteiger partial charge is 0.255 e. The largest absolute Gasteiger partial charge is 0.495 e. The molecule has 1 unspecified atom stereocenters. The molecule has 7 nitrogen and oxygen atoms in total. The van der Waals surface area contributed by atoms with Crippen LogP contribution in [0.25, 0.3) is 0 Å². The van der Waals surface area contributed by atoms with Crippen LogP contribution in [0.4, 0.5) is 11.4 Å². The van der Waals surface area contributed by atoms with Crippen molar-refractivity contribution in [1.29, 1.82) is 0 Å². The van der Waals surface area contributed by atoms with E-state index >= 15 is 0 Å². The van der Waals surface area contributed by atoms with E-state index in [9.17, 15) is 14.4 Å². The van der Waals surface area contributed by atoms with Crippen molar-refractivity contribution in [1.82, 2.24) is 5.32 Å². The fourth-order valence-corrected chi connectivity index (χ4v) is 3.29. The van der Waals surface area contributed by atoms with E-state index in [1.165, 1.54) is 7.11 Å². The molecule has 0 aliphatic rings. The van der Waals surface area contributed by atoms with Crippen molar-refractivity contribution in [3.8, 4) is 5.75 Å². The first kappa shape index (κ1) is 23.5. The number of benzene rings is 3. The van der Waals surface area contributed by atoms with Gasteiger partial charge in [-0.15, -0.1) is 0 Å². The first-order chi connectivity index (χ1) is 15.9. The molecule has 0 aliphatic heterocycles. The van der Waals surface area contributed by atoms with E-state index in [1.807, 2.05) is 19.9 Å². The van der Waals surface area contributed by atoms with Crippen molar-refractivity contribution >= 4 is 29.1 Å². The molecule has 0 radical (unpaired) electrons. The maximum absolute atomic E-state index is 13.1. The quantitative estimate of drug-likeness (QED) is 0.481. The summed E-state index contributed by atoms with van der Waals surface area (Å²) in [5.41, 5.74) is 1.61. The van der Waals surface area contributed by atoms with Crippen molar-refractivity contribution in [3.05, 3.63) is 90.0 Å². The minimum Gasteiger partial charge on any atom is -0.495 e. The number of hydrogen-bond donors (Lipinski definition) is 3. The lowest BCUT2D eigenvalue weighted by molar-refractivity contribution is -0.118. The molecule has 3 rings (SSSR count). The molecule has 170 valence electrons. The molecule has 0 saturated carbocycles. The molecule has 0 aliphatic carbocycles. The Balaban J connectivity index is 1.77. The van der Waals surface area contributed by atoms with Gasteiger partial charge in [0, 0.05) is 5.56 Å². The van der Waals surface area contributed by atoms with Gasteiger partial charge in [0.05, 0.1) is 24.0 Å². The van der Waals surface area contributed by atoms with Gasteiger partial charge in [0.25, 0.3) is 11.8 Å². The average Bonchev–Trinajstić information content (AvgIpc) is 2.83. The van der Waals surface area contributed by atoms with Crippen LogP contribution in [-0.2, 0) is 4.79 Å². The number of para-hydroxylation sites is 3. The highest BCUT2D eigenvalue weighted by molar-refractivity contribution is 6.10. The third kappa shape index (κ3) is 5.98. The Hall–Kier alpha value is -4.13. The number of amides is 3. The van der Waals surface area contributed by atoms with Gasteiger partial charge in [0.2, 0.25) is 5.91 Å². The summed E-state index contributed by atoms with van der Waals surface area (Å²) in [4.78, 5) is 38.7. The van der Waals surface area contributed by atoms with E-state index in [0.29, 0.717) is 22.7 Å². The van der Waals surface area contributed by atoms with Crippen LogP contribution in [0.3, 0.4) is 0 Å². The van der Waals surface area contributed by atoms with E-state index in [0.717, 1.165) is 0 Å². The van der Waals surface area contributed by atoms with Gasteiger partial charge in [-0.25, -0.2) is 0 Å². The molecule has 3 aromatic carbocycles. The lowest BCUT2D eigenvalue weighted by Crippen LogP contribution is -2.47. The van der Waals surface area contributed by atoms with E-state index in [4.69, 9.17) is 4.74 Å². The van der Waals surface area contributed by atoms with E-state index in [-0.39, 0.29) is 23.3 Å². The van der Waals surface area contributed by atoms with Crippen molar-refractivity contribution in [3.63, 3.8) is 0 Å². The van der Waals surface area contributed by atoms with Gasteiger partial charge in [0.15, 0.2) is 0 Å². The maximum Gasteiger partial charge on any atom is 0.255 e. The number of carbonyl (C=O) groups excluding carboxylic acids is 3. The first-order valence-corrected chi connectivity index (χ1v) is 10.6. The Bertz CT molecular complexity index is 1130. The van der Waals surface area contributed by atoms with Gasteiger partial charge in [0.1, 0.15) is 11.8 Å². The highest BCUT2D eigenvalue weighted by Gasteiger charge is 2.26. The van der Waals surface area contributed by atoms with Gasteiger partial charge in [-0.05, 0) is 42.3 Å². The number of hydrogen-bond acceptors (Lipinski definition) is 4. The van der Waals surface area contributed by atoms with Crippen molar-refractivity contribution in [2.24, 2.45) is 5.92 Å². The third-order valence-electron chi connectivity index (χ3n) is 5.06. The molecule has 0 fully saturated rings. The number of rotatable bonds is 8. The third-order valence-corrected chi connectivity index (χ3v) is 5.06. The summed E-state index contributed by atoms with van der Waals surface area (Å²) < 4.78 is 5.28. The summed E-state index contributed by atoms with van der Waals surface area (Å²) in [6.45, 7) is 3.69. The summed E-state index contributed by atoms with van der Waals surface area (Å²) >= 11 is 0. The number of carbonyl (C=O) groups is 3. The summed E-state index contributed by atoms with van der Waals surface area (Å²) in [5.74, 6) is -0.824. The van der Waals surface area contributed by atoms with Gasteiger partial charge in [-0.1, -0.05) is 56.3 Å². The molecule has 3 N–H and O–H groups in total. The number of anilines is 2. The minimum absolute atomic E-state index is 0.185. The van der Waals surface area contributed by atoms with Crippen LogP contribution in [0.2, 0.25) is 0 Å². The lowest BCUT2D eigenvalue weighted by Gasteiger charge is -2.23.